The summed E-state index contributed by atoms with van der Waals surface area (Å²) in [6, 6.07) is 12.9. The highest BCUT2D eigenvalue weighted by atomic mass is 79.9. The van der Waals surface area contributed by atoms with Crippen molar-refractivity contribution in [3.05, 3.63) is 68.1 Å². The van der Waals surface area contributed by atoms with Crippen molar-refractivity contribution in [2.75, 3.05) is 6.54 Å². The molecule has 0 saturated carbocycles. The van der Waals surface area contributed by atoms with Crippen LogP contribution in [0.2, 0.25) is 5.02 Å². The van der Waals surface area contributed by atoms with Gasteiger partial charge in [-0.2, -0.15) is 0 Å². The van der Waals surface area contributed by atoms with Crippen molar-refractivity contribution < 1.29 is 0 Å². The van der Waals surface area contributed by atoms with Gasteiger partial charge in [-0.15, -0.1) is 0 Å². The van der Waals surface area contributed by atoms with Crippen molar-refractivity contribution in [3.8, 4) is 0 Å². The SMILES string of the molecule is CCNC(Cc1ccc(Br)cc1Cl)c1c(C)cccc1C. The van der Waals surface area contributed by atoms with Crippen LogP contribution in [0.1, 0.15) is 35.2 Å². The van der Waals surface area contributed by atoms with E-state index in [-0.39, 0.29) is 6.04 Å². The number of nitrogens with one attached hydrogen (secondary N) is 1. The van der Waals surface area contributed by atoms with E-state index in [9.17, 15) is 0 Å². The molecular weight excluding hydrogens is 346 g/mol. The summed E-state index contributed by atoms with van der Waals surface area (Å²) in [5, 5.41) is 4.42. The molecule has 0 heterocycles. The molecule has 0 saturated heterocycles. The first-order valence-corrected chi connectivity index (χ1v) is 8.43. The summed E-state index contributed by atoms with van der Waals surface area (Å²) in [6.45, 7) is 7.43. The van der Waals surface area contributed by atoms with Crippen molar-refractivity contribution in [3.63, 3.8) is 0 Å². The smallest absolute Gasteiger partial charge is 0.0449 e. The largest absolute Gasteiger partial charge is 0.310 e. The molecule has 0 radical (unpaired) electrons. The Hall–Kier alpha value is -0.830. The Bertz CT molecular complexity index is 604. The fourth-order valence-corrected chi connectivity index (χ4v) is 3.56. The molecule has 0 aliphatic heterocycles. The summed E-state index contributed by atoms with van der Waals surface area (Å²) in [5.41, 5.74) is 5.22. The van der Waals surface area contributed by atoms with E-state index in [1.165, 1.54) is 22.3 Å². The van der Waals surface area contributed by atoms with Crippen molar-refractivity contribution in [2.45, 2.75) is 33.2 Å². The molecule has 112 valence electrons. The molecule has 0 spiro atoms. The molecule has 1 unspecified atom stereocenters. The number of aryl methyl sites for hydroxylation is 2. The highest BCUT2D eigenvalue weighted by Crippen LogP contribution is 2.29. The molecule has 1 nitrogen and oxygen atoms in total. The zero-order valence-electron chi connectivity index (χ0n) is 12.7. The molecule has 0 aliphatic carbocycles. The van der Waals surface area contributed by atoms with Gasteiger partial charge in [0.25, 0.3) is 0 Å². The van der Waals surface area contributed by atoms with Crippen LogP contribution in [0.3, 0.4) is 0 Å². The summed E-state index contributed by atoms with van der Waals surface area (Å²) >= 11 is 9.84. The lowest BCUT2D eigenvalue weighted by Crippen LogP contribution is -2.24. The molecule has 2 rings (SSSR count). The van der Waals surface area contributed by atoms with Gasteiger partial charge in [0.1, 0.15) is 0 Å². The van der Waals surface area contributed by atoms with Gasteiger partial charge in [0.2, 0.25) is 0 Å². The van der Waals surface area contributed by atoms with E-state index in [1.54, 1.807) is 0 Å². The molecule has 0 amide bonds. The van der Waals surface area contributed by atoms with E-state index < -0.39 is 0 Å². The monoisotopic (exact) mass is 365 g/mol. The number of benzene rings is 2. The van der Waals surface area contributed by atoms with E-state index in [1.807, 2.05) is 6.07 Å². The van der Waals surface area contributed by atoms with Gasteiger partial charge in [-0.1, -0.05) is 58.7 Å². The topological polar surface area (TPSA) is 12.0 Å². The standard InChI is InChI=1S/C18H21BrClN/c1-4-21-17(18-12(2)6-5-7-13(18)3)10-14-8-9-15(19)11-16(14)20/h5-9,11,17,21H,4,10H2,1-3H3. The maximum Gasteiger partial charge on any atom is 0.0449 e. The van der Waals surface area contributed by atoms with Crippen molar-refractivity contribution >= 4 is 27.5 Å². The summed E-state index contributed by atoms with van der Waals surface area (Å²) in [4.78, 5) is 0. The number of hydrogen-bond donors (Lipinski definition) is 1. The summed E-state index contributed by atoms with van der Waals surface area (Å²) in [5.74, 6) is 0. The van der Waals surface area contributed by atoms with Gasteiger partial charge in [-0.05, 0) is 61.2 Å². The Balaban J connectivity index is 2.35. The first-order valence-electron chi connectivity index (χ1n) is 7.26. The maximum atomic E-state index is 6.38. The van der Waals surface area contributed by atoms with Crippen LogP contribution in [-0.4, -0.2) is 6.54 Å². The summed E-state index contributed by atoms with van der Waals surface area (Å²) in [6.07, 6.45) is 0.894. The second kappa shape index (κ2) is 7.44. The van der Waals surface area contributed by atoms with E-state index in [0.29, 0.717) is 0 Å². The highest BCUT2D eigenvalue weighted by molar-refractivity contribution is 9.10. The average molecular weight is 367 g/mol. The second-order valence-electron chi connectivity index (χ2n) is 5.36. The van der Waals surface area contributed by atoms with Crippen LogP contribution >= 0.6 is 27.5 Å². The van der Waals surface area contributed by atoms with Crippen LogP contribution in [0, 0.1) is 13.8 Å². The van der Waals surface area contributed by atoms with E-state index in [2.05, 4.69) is 72.3 Å². The zero-order valence-corrected chi connectivity index (χ0v) is 15.1. The van der Waals surface area contributed by atoms with E-state index >= 15 is 0 Å². The Kier molecular flexibility index (Phi) is 5.86. The molecule has 1 N–H and O–H groups in total. The van der Waals surface area contributed by atoms with Gasteiger partial charge < -0.3 is 5.32 Å². The number of halogens is 2. The quantitative estimate of drug-likeness (QED) is 0.725. The van der Waals surface area contributed by atoms with Crippen LogP contribution < -0.4 is 5.32 Å². The van der Waals surface area contributed by atoms with Crippen molar-refractivity contribution in [2.24, 2.45) is 0 Å². The molecule has 2 aromatic carbocycles. The summed E-state index contributed by atoms with van der Waals surface area (Å²) in [7, 11) is 0. The molecule has 1 atom stereocenters. The molecule has 2 aromatic rings. The predicted molar refractivity (Wildman–Crippen MR) is 95.2 cm³/mol. The van der Waals surface area contributed by atoms with Crippen LogP contribution in [0.25, 0.3) is 0 Å². The first-order chi connectivity index (χ1) is 10.0. The van der Waals surface area contributed by atoms with Gasteiger partial charge in [0.05, 0.1) is 0 Å². The minimum absolute atomic E-state index is 0.287. The number of likely N-dealkylation sites (N-methyl/N-ethyl adjacent to an activating group) is 1. The van der Waals surface area contributed by atoms with E-state index in [0.717, 1.165) is 22.5 Å². The minimum atomic E-state index is 0.287. The Morgan fingerprint density at radius 1 is 1.14 bits per heavy atom. The van der Waals surface area contributed by atoms with Crippen LogP contribution in [-0.2, 0) is 6.42 Å². The van der Waals surface area contributed by atoms with Crippen LogP contribution in [0.15, 0.2) is 40.9 Å². The van der Waals surface area contributed by atoms with Crippen LogP contribution in [0.4, 0.5) is 0 Å². The molecular formula is C18H21BrClN. The third-order valence-corrected chi connectivity index (χ3v) is 4.63. The molecule has 0 aromatic heterocycles. The van der Waals surface area contributed by atoms with E-state index in [4.69, 9.17) is 11.6 Å². The fourth-order valence-electron chi connectivity index (χ4n) is 2.81. The Morgan fingerprint density at radius 3 is 2.38 bits per heavy atom. The van der Waals surface area contributed by atoms with Gasteiger partial charge in [-0.3, -0.25) is 0 Å². The number of rotatable bonds is 5. The van der Waals surface area contributed by atoms with Gasteiger partial charge in [-0.25, -0.2) is 0 Å². The third-order valence-electron chi connectivity index (χ3n) is 3.78. The molecule has 3 heteroatoms. The van der Waals surface area contributed by atoms with Crippen LogP contribution in [0.5, 0.6) is 0 Å². The second-order valence-corrected chi connectivity index (χ2v) is 6.68. The predicted octanol–water partition coefficient (Wildman–Crippen LogP) is 5.61. The normalized spacial score (nSPS) is 12.4. The lowest BCUT2D eigenvalue weighted by Gasteiger charge is -2.23. The first kappa shape index (κ1) is 16.5. The molecule has 0 aliphatic rings. The lowest BCUT2D eigenvalue weighted by molar-refractivity contribution is 0.545. The summed E-state index contributed by atoms with van der Waals surface area (Å²) < 4.78 is 1.02. The van der Waals surface area contributed by atoms with Gasteiger partial charge in [0, 0.05) is 15.5 Å². The highest BCUT2D eigenvalue weighted by Gasteiger charge is 2.17. The number of hydrogen-bond acceptors (Lipinski definition) is 1. The minimum Gasteiger partial charge on any atom is -0.310 e. The van der Waals surface area contributed by atoms with Gasteiger partial charge in [0.15, 0.2) is 0 Å². The maximum absolute atomic E-state index is 6.38. The third kappa shape index (κ3) is 4.09. The lowest BCUT2D eigenvalue weighted by atomic mass is 9.91. The zero-order chi connectivity index (χ0) is 15.4. The Labute approximate surface area is 140 Å². The average Bonchev–Trinajstić information content (AvgIpc) is 2.41. The van der Waals surface area contributed by atoms with Crippen molar-refractivity contribution in [1.82, 2.24) is 5.32 Å². The molecule has 21 heavy (non-hydrogen) atoms. The van der Waals surface area contributed by atoms with Crippen molar-refractivity contribution in [1.29, 1.82) is 0 Å². The molecule has 0 bridgehead atoms. The van der Waals surface area contributed by atoms with Gasteiger partial charge >= 0.3 is 0 Å². The fraction of sp³-hybridized carbons (Fsp3) is 0.333. The Morgan fingerprint density at radius 2 is 1.81 bits per heavy atom. The molecule has 0 fully saturated rings.